The van der Waals surface area contributed by atoms with Crippen LogP contribution in [0.15, 0.2) is 54.6 Å². The standard InChI is InChI=1S/C24H21N3O5/c1-14-11-20(16(3)26(14)15(2)17-7-5-4-6-8-17)22(28)13-25-23(29)19-10-9-18(27(31)32)12-21(19)24(25)30/h4-12,15H,13H2,1-3H3. The van der Waals surface area contributed by atoms with E-state index in [9.17, 15) is 24.5 Å². The first-order valence-corrected chi connectivity index (χ1v) is 10.1. The summed E-state index contributed by atoms with van der Waals surface area (Å²) < 4.78 is 2.05. The molecule has 0 fully saturated rings. The highest BCUT2D eigenvalue weighted by molar-refractivity contribution is 6.23. The molecule has 0 aliphatic carbocycles. The molecule has 1 atom stereocenters. The maximum atomic E-state index is 13.1. The van der Waals surface area contributed by atoms with Gasteiger partial charge in [0.1, 0.15) is 0 Å². The third-order valence-electron chi connectivity index (χ3n) is 5.92. The number of nitro groups is 1. The Morgan fingerprint density at radius 1 is 1.00 bits per heavy atom. The van der Waals surface area contributed by atoms with Crippen LogP contribution in [-0.4, -0.2) is 38.5 Å². The van der Waals surface area contributed by atoms with Gasteiger partial charge in [-0.25, -0.2) is 0 Å². The van der Waals surface area contributed by atoms with Crippen LogP contribution in [0.5, 0.6) is 0 Å². The van der Waals surface area contributed by atoms with E-state index in [1.54, 1.807) is 6.07 Å². The molecular weight excluding hydrogens is 410 g/mol. The Hall–Kier alpha value is -4.07. The molecule has 0 radical (unpaired) electrons. The number of Topliss-reactive ketones (excluding diaryl/α,β-unsaturated/α-hetero) is 1. The number of fused-ring (bicyclic) bond motifs is 1. The van der Waals surface area contributed by atoms with Crippen LogP contribution in [0.25, 0.3) is 0 Å². The topological polar surface area (TPSA) is 103 Å². The number of amides is 2. The highest BCUT2D eigenvalue weighted by Gasteiger charge is 2.38. The second-order valence-electron chi connectivity index (χ2n) is 7.85. The largest absolute Gasteiger partial charge is 0.341 e. The van der Waals surface area contributed by atoms with Crippen LogP contribution >= 0.6 is 0 Å². The first-order chi connectivity index (χ1) is 15.2. The van der Waals surface area contributed by atoms with Gasteiger partial charge in [-0.2, -0.15) is 0 Å². The van der Waals surface area contributed by atoms with E-state index < -0.39 is 23.3 Å². The third kappa shape index (κ3) is 3.39. The summed E-state index contributed by atoms with van der Waals surface area (Å²) in [5.74, 6) is -1.69. The number of rotatable bonds is 6. The molecule has 0 saturated heterocycles. The molecule has 1 unspecified atom stereocenters. The van der Waals surface area contributed by atoms with Crippen molar-refractivity contribution >= 4 is 23.3 Å². The van der Waals surface area contributed by atoms with E-state index in [1.165, 1.54) is 12.1 Å². The maximum Gasteiger partial charge on any atom is 0.270 e. The summed E-state index contributed by atoms with van der Waals surface area (Å²) in [7, 11) is 0. The van der Waals surface area contributed by atoms with Gasteiger partial charge in [0, 0.05) is 29.1 Å². The number of aromatic nitrogens is 1. The SMILES string of the molecule is Cc1cc(C(=O)CN2C(=O)c3ccc([N+](=O)[O-])cc3C2=O)c(C)n1C(C)c1ccccc1. The van der Waals surface area contributed by atoms with Crippen molar-refractivity contribution in [3.05, 3.63) is 98.4 Å². The van der Waals surface area contributed by atoms with Gasteiger partial charge in [0.15, 0.2) is 5.78 Å². The van der Waals surface area contributed by atoms with E-state index in [0.717, 1.165) is 27.9 Å². The van der Waals surface area contributed by atoms with Crippen molar-refractivity contribution < 1.29 is 19.3 Å². The van der Waals surface area contributed by atoms with Crippen LogP contribution < -0.4 is 0 Å². The molecule has 2 amide bonds. The van der Waals surface area contributed by atoms with Crippen molar-refractivity contribution in [3.63, 3.8) is 0 Å². The fourth-order valence-corrected chi connectivity index (χ4v) is 4.30. The number of non-ortho nitro benzene ring substituents is 1. The van der Waals surface area contributed by atoms with E-state index >= 15 is 0 Å². The molecule has 162 valence electrons. The highest BCUT2D eigenvalue weighted by Crippen LogP contribution is 2.29. The Labute approximate surface area is 184 Å². The number of carbonyl (C=O) groups is 3. The molecule has 0 saturated carbocycles. The molecule has 0 spiro atoms. The first-order valence-electron chi connectivity index (χ1n) is 10.1. The summed E-state index contributed by atoms with van der Waals surface area (Å²) in [6.45, 7) is 5.36. The van der Waals surface area contributed by atoms with Gasteiger partial charge in [-0.3, -0.25) is 29.4 Å². The van der Waals surface area contributed by atoms with Gasteiger partial charge in [0.25, 0.3) is 17.5 Å². The molecule has 1 aliphatic heterocycles. The zero-order valence-electron chi connectivity index (χ0n) is 17.9. The first kappa shape index (κ1) is 21.2. The Morgan fingerprint density at radius 2 is 1.66 bits per heavy atom. The Balaban J connectivity index is 1.61. The average molecular weight is 431 g/mol. The molecule has 1 aliphatic rings. The number of carbonyl (C=O) groups excluding carboxylic acids is 3. The van der Waals surface area contributed by atoms with Crippen LogP contribution in [0.4, 0.5) is 5.69 Å². The normalized spacial score (nSPS) is 13.9. The van der Waals surface area contributed by atoms with Crippen molar-refractivity contribution in [1.29, 1.82) is 0 Å². The number of imide groups is 1. The summed E-state index contributed by atoms with van der Waals surface area (Å²) in [5.41, 5.74) is 2.90. The Kier molecular flexibility index (Phi) is 5.22. The van der Waals surface area contributed by atoms with Crippen molar-refractivity contribution in [2.24, 2.45) is 0 Å². The third-order valence-corrected chi connectivity index (χ3v) is 5.92. The molecule has 32 heavy (non-hydrogen) atoms. The van der Waals surface area contributed by atoms with E-state index in [1.807, 2.05) is 55.7 Å². The summed E-state index contributed by atoms with van der Waals surface area (Å²) >= 11 is 0. The lowest BCUT2D eigenvalue weighted by Gasteiger charge is -2.19. The number of aryl methyl sites for hydroxylation is 1. The molecule has 1 aromatic heterocycles. The summed E-state index contributed by atoms with van der Waals surface area (Å²) in [5, 5.41) is 11.0. The molecule has 2 aromatic carbocycles. The molecule has 2 heterocycles. The van der Waals surface area contributed by atoms with E-state index in [2.05, 4.69) is 0 Å². The van der Waals surface area contributed by atoms with Crippen LogP contribution in [0, 0.1) is 24.0 Å². The lowest BCUT2D eigenvalue weighted by molar-refractivity contribution is -0.384. The Morgan fingerprint density at radius 3 is 2.31 bits per heavy atom. The minimum atomic E-state index is -0.700. The Bertz CT molecular complexity index is 1280. The van der Waals surface area contributed by atoms with Crippen LogP contribution in [-0.2, 0) is 0 Å². The molecular formula is C24H21N3O5. The lowest BCUT2D eigenvalue weighted by Crippen LogP contribution is -2.35. The summed E-state index contributed by atoms with van der Waals surface area (Å²) in [6.07, 6.45) is 0. The molecule has 0 N–H and O–H groups in total. The van der Waals surface area contributed by atoms with E-state index in [-0.39, 0.29) is 28.6 Å². The maximum absolute atomic E-state index is 13.1. The van der Waals surface area contributed by atoms with Crippen molar-refractivity contribution in [3.8, 4) is 0 Å². The van der Waals surface area contributed by atoms with Crippen molar-refractivity contribution in [2.45, 2.75) is 26.8 Å². The molecule has 8 heteroatoms. The van der Waals surface area contributed by atoms with Gasteiger partial charge < -0.3 is 4.57 Å². The highest BCUT2D eigenvalue weighted by atomic mass is 16.6. The molecule has 0 bridgehead atoms. The van der Waals surface area contributed by atoms with Gasteiger partial charge in [-0.15, -0.1) is 0 Å². The van der Waals surface area contributed by atoms with Crippen LogP contribution in [0.1, 0.15) is 61.0 Å². The van der Waals surface area contributed by atoms with Gasteiger partial charge >= 0.3 is 0 Å². The summed E-state index contributed by atoms with van der Waals surface area (Å²) in [6, 6.07) is 15.2. The monoisotopic (exact) mass is 431 g/mol. The molecule has 3 aromatic rings. The van der Waals surface area contributed by atoms with Gasteiger partial charge in [-0.1, -0.05) is 30.3 Å². The second-order valence-corrected chi connectivity index (χ2v) is 7.85. The number of hydrogen-bond donors (Lipinski definition) is 0. The van der Waals surface area contributed by atoms with Crippen molar-refractivity contribution in [2.75, 3.05) is 6.54 Å². The zero-order chi connectivity index (χ0) is 23.2. The number of hydrogen-bond acceptors (Lipinski definition) is 5. The molecule has 8 nitrogen and oxygen atoms in total. The van der Waals surface area contributed by atoms with Crippen LogP contribution in [0.2, 0.25) is 0 Å². The fourth-order valence-electron chi connectivity index (χ4n) is 4.30. The zero-order valence-corrected chi connectivity index (χ0v) is 17.9. The van der Waals surface area contributed by atoms with Gasteiger partial charge in [0.05, 0.1) is 28.6 Å². The average Bonchev–Trinajstić information content (AvgIpc) is 3.21. The second kappa shape index (κ2) is 7.88. The number of benzene rings is 2. The fraction of sp³-hybridized carbons (Fsp3) is 0.208. The number of nitrogens with zero attached hydrogens (tertiary/aromatic N) is 3. The predicted molar refractivity (Wildman–Crippen MR) is 117 cm³/mol. The van der Waals surface area contributed by atoms with E-state index in [0.29, 0.717) is 5.56 Å². The van der Waals surface area contributed by atoms with Gasteiger partial charge in [-0.05, 0) is 38.5 Å². The minimum Gasteiger partial charge on any atom is -0.341 e. The quantitative estimate of drug-likeness (QED) is 0.253. The van der Waals surface area contributed by atoms with Crippen molar-refractivity contribution in [1.82, 2.24) is 9.47 Å². The number of nitro benzene ring substituents is 1. The van der Waals surface area contributed by atoms with Crippen LogP contribution in [0.3, 0.4) is 0 Å². The molecule has 4 rings (SSSR count). The smallest absolute Gasteiger partial charge is 0.270 e. The van der Waals surface area contributed by atoms with Gasteiger partial charge in [0.2, 0.25) is 0 Å². The number of ketones is 1. The van der Waals surface area contributed by atoms with E-state index in [4.69, 9.17) is 0 Å². The lowest BCUT2D eigenvalue weighted by atomic mass is 10.1. The minimum absolute atomic E-state index is 0.00222. The predicted octanol–water partition coefficient (Wildman–Crippen LogP) is 4.10. The summed E-state index contributed by atoms with van der Waals surface area (Å²) in [4.78, 5) is 49.7.